The van der Waals surface area contributed by atoms with Gasteiger partial charge in [-0.3, -0.25) is 28.8 Å². The molecule has 1 aromatic carbocycles. The van der Waals surface area contributed by atoms with E-state index in [0.29, 0.717) is 88.5 Å². The van der Waals surface area contributed by atoms with Crippen LogP contribution < -0.4 is 0 Å². The number of carbonyl (C=O) groups excluding carboxylic acids is 8. The molecule has 0 amide bonds. The lowest BCUT2D eigenvalue weighted by Crippen LogP contribution is -2.41. The highest BCUT2D eigenvalue weighted by molar-refractivity contribution is 6.05. The number of rotatable bonds is 8. The maximum atomic E-state index is 12.2. The molecular formula is C71H84O13. The summed E-state index contributed by atoms with van der Waals surface area (Å²) >= 11 is 0. The van der Waals surface area contributed by atoms with Crippen molar-refractivity contribution in [3.63, 3.8) is 0 Å². The number of cyclic esters (lactones) is 2. The minimum atomic E-state index is -0.382. The van der Waals surface area contributed by atoms with Crippen LogP contribution in [0.5, 0.6) is 0 Å². The minimum Gasteiger partial charge on any atom is -0.466 e. The molecule has 1 heterocycles. The lowest BCUT2D eigenvalue weighted by atomic mass is 9.63. The number of hydrogen-bond acceptors (Lipinski definition) is 13. The number of hydrogen-bond donors (Lipinski definition) is 0. The van der Waals surface area contributed by atoms with Gasteiger partial charge in [0.25, 0.3) is 0 Å². The van der Waals surface area contributed by atoms with Crippen molar-refractivity contribution in [1.29, 1.82) is 0 Å². The van der Waals surface area contributed by atoms with Crippen molar-refractivity contribution in [2.24, 2.45) is 124 Å². The number of benzene rings is 1. The van der Waals surface area contributed by atoms with Crippen LogP contribution in [0.15, 0.2) is 127 Å². The average Bonchev–Trinajstić information content (AvgIpc) is 2.24. The lowest BCUT2D eigenvalue weighted by molar-refractivity contribution is -0.155. The molecule has 1 saturated heterocycles. The Kier molecular flexibility index (Phi) is 18.1. The Hall–Kier alpha value is -6.50. The molecule has 0 radical (unpaired) electrons. The minimum absolute atomic E-state index is 0.00866. The molecule has 22 atom stereocenters. The molecule has 0 N–H and O–H groups in total. The zero-order valence-electron chi connectivity index (χ0n) is 49.4. The van der Waals surface area contributed by atoms with Gasteiger partial charge in [-0.05, 0) is 174 Å². The quantitative estimate of drug-likeness (QED) is 0.0789. The smallest absolute Gasteiger partial charge is 0.334 e. The van der Waals surface area contributed by atoms with Crippen molar-refractivity contribution in [3.8, 4) is 0 Å². The standard InChI is InChI=1S/C14H14O.C13H14O4.C10H14O2.C9H8O3.C9H12O2.C9H12O.C7H10/c15-14(11-4-2-1-3-5-11)13-9-10-6-7-12(13)8-10;1-16-12(14)10-8-6-3-4-7(5-6)9(8)11(10)13(15)17-2;1-2-12-10(11)9-6-7-3-4-8(9)5-7;10-8-6-4-1-2-5(3-4)7(6)9(11)12-8;1-6(10)11-9-5-7-2-3-8(9)4-7;1-6(10)9-5-7-2-3-8(9)4-7;1-2-7-4-3-6(1)5-7/h1-7,10,12-13H,8-9H2;3-4,6-9H,5H2,1-2H3;3-4,7-9H,2,5-6H2,1H3;1-2,4-7H,3H2;2-3,7-9H,4-5H2,1H3;2-3,7-9H,4-5H2,1H3;1-2,6-7H,3-5H2/t;;;4-,5?,6-,7+;;;/m...0.../s1. The van der Waals surface area contributed by atoms with Gasteiger partial charge < -0.3 is 23.7 Å². The van der Waals surface area contributed by atoms with Crippen molar-refractivity contribution in [1.82, 2.24) is 0 Å². The fourth-order valence-electron chi connectivity index (χ4n) is 17.5. The van der Waals surface area contributed by atoms with E-state index in [1.807, 2.05) is 49.4 Å². The van der Waals surface area contributed by atoms with E-state index in [-0.39, 0.29) is 89.3 Å². The maximum absolute atomic E-state index is 12.2. The van der Waals surface area contributed by atoms with Crippen LogP contribution in [-0.4, -0.2) is 74.3 Å². The third kappa shape index (κ3) is 12.3. The number of ketones is 2. The zero-order valence-corrected chi connectivity index (χ0v) is 49.4. The van der Waals surface area contributed by atoms with Gasteiger partial charge in [0, 0.05) is 42.1 Å². The Labute approximate surface area is 494 Å². The molecule has 1 aromatic rings. The van der Waals surface area contributed by atoms with Crippen LogP contribution in [0.4, 0.5) is 0 Å². The van der Waals surface area contributed by atoms with E-state index in [2.05, 4.69) is 77.6 Å². The molecule has 0 aromatic heterocycles. The van der Waals surface area contributed by atoms with Crippen LogP contribution in [0.1, 0.15) is 115 Å². The molecule has 13 nitrogen and oxygen atoms in total. The maximum Gasteiger partial charge on any atom is 0.334 e. The summed E-state index contributed by atoms with van der Waals surface area (Å²) in [7, 11) is 2.70. The van der Waals surface area contributed by atoms with E-state index < -0.39 is 0 Å². The molecule has 17 rings (SSSR count). The monoisotopic (exact) mass is 1140 g/mol. The SMILES string of the molecule is C1=CC2CCC1C2.CC(=O)C1CC2C=CC1C2.CC(=O)OC1CC2C=CC1C2.CCOC(=O)C1CC2C=CC1C2.COC(=O)C1=C(C(=O)OC)C2C3C=CC(C3)C12.O=C(c1ccccc1)C1CC2C=CC1C2.O=C1OC(=O)[C@@H]2C3C=C[C@@H](C3)[C@H]12. The van der Waals surface area contributed by atoms with Crippen LogP contribution >= 0.6 is 0 Å². The summed E-state index contributed by atoms with van der Waals surface area (Å²) in [6.45, 7) is 5.58. The fraction of sp³-hybridized carbons (Fsp3) is 0.577. The van der Waals surface area contributed by atoms with Gasteiger partial charge in [0.1, 0.15) is 11.9 Å². The second-order valence-corrected chi connectivity index (χ2v) is 26.4. The molecule has 7 saturated carbocycles. The topological polar surface area (TPSA) is 183 Å². The summed E-state index contributed by atoms with van der Waals surface area (Å²) in [5.41, 5.74) is 1.96. The number of allylic oxidation sites excluding steroid dienone is 13. The highest BCUT2D eigenvalue weighted by Gasteiger charge is 2.60. The van der Waals surface area contributed by atoms with Crippen molar-refractivity contribution in [3.05, 3.63) is 132 Å². The van der Waals surface area contributed by atoms with E-state index in [1.54, 1.807) is 6.92 Å². The van der Waals surface area contributed by atoms with Gasteiger partial charge in [0.05, 0.1) is 49.7 Å². The molecule has 8 fully saturated rings. The number of methoxy groups -OCH3 is 2. The molecule has 14 bridgehead atoms. The molecule has 1 aliphatic heterocycles. The predicted octanol–water partition coefficient (Wildman–Crippen LogP) is 11.7. The van der Waals surface area contributed by atoms with Crippen LogP contribution in [0.3, 0.4) is 0 Å². The van der Waals surface area contributed by atoms with E-state index in [1.165, 1.54) is 66.1 Å². The first-order valence-corrected chi connectivity index (χ1v) is 31.5. The van der Waals surface area contributed by atoms with Gasteiger partial charge in [0.15, 0.2) is 5.78 Å². The van der Waals surface area contributed by atoms with E-state index >= 15 is 0 Å². The highest BCUT2D eigenvalue weighted by Crippen LogP contribution is 2.61. The molecule has 16 aliphatic rings. The lowest BCUT2D eigenvalue weighted by Gasteiger charge is -2.40. The molecule has 446 valence electrons. The second-order valence-electron chi connectivity index (χ2n) is 26.4. The Morgan fingerprint density at radius 1 is 0.452 bits per heavy atom. The van der Waals surface area contributed by atoms with Crippen LogP contribution in [0.2, 0.25) is 0 Å². The van der Waals surface area contributed by atoms with E-state index in [0.717, 1.165) is 61.8 Å². The first-order valence-electron chi connectivity index (χ1n) is 31.5. The van der Waals surface area contributed by atoms with E-state index in [9.17, 15) is 38.4 Å². The average molecular weight is 1150 g/mol. The second kappa shape index (κ2) is 25.6. The summed E-state index contributed by atoms with van der Waals surface area (Å²) < 4.78 is 24.3. The van der Waals surface area contributed by atoms with E-state index in [4.69, 9.17) is 18.9 Å². The predicted molar refractivity (Wildman–Crippen MR) is 313 cm³/mol. The van der Waals surface area contributed by atoms with Gasteiger partial charge in [-0.2, -0.15) is 0 Å². The Morgan fingerprint density at radius 2 is 0.869 bits per heavy atom. The Morgan fingerprint density at radius 3 is 1.21 bits per heavy atom. The van der Waals surface area contributed by atoms with Gasteiger partial charge in [-0.15, -0.1) is 0 Å². The van der Waals surface area contributed by atoms with Crippen molar-refractivity contribution < 1.29 is 62.0 Å². The molecule has 13 heteroatoms. The number of esters is 6. The van der Waals surface area contributed by atoms with Gasteiger partial charge in [-0.1, -0.05) is 115 Å². The largest absolute Gasteiger partial charge is 0.466 e. The molecular weight excluding hydrogens is 1060 g/mol. The summed E-state index contributed by atoms with van der Waals surface area (Å²) in [6, 6.07) is 9.69. The van der Waals surface area contributed by atoms with Crippen LogP contribution in [-0.2, 0) is 57.2 Å². The van der Waals surface area contributed by atoms with Gasteiger partial charge >= 0.3 is 35.8 Å². The molecule has 84 heavy (non-hydrogen) atoms. The highest BCUT2D eigenvalue weighted by atomic mass is 16.6. The number of Topliss-reactive ketones (excluding diaryl/α,β-unsaturated/α-hetero) is 2. The van der Waals surface area contributed by atoms with Crippen LogP contribution in [0, 0.1) is 124 Å². The first-order chi connectivity index (χ1) is 40.6. The first kappa shape index (κ1) is 59.2. The Bertz CT molecular complexity index is 2890. The van der Waals surface area contributed by atoms with Crippen molar-refractivity contribution >= 4 is 47.4 Å². The third-order valence-corrected chi connectivity index (χ3v) is 21.5. The zero-order chi connectivity index (χ0) is 58.9. The third-order valence-electron chi connectivity index (χ3n) is 21.5. The summed E-state index contributed by atoms with van der Waals surface area (Å²) in [6.07, 6.45) is 46.7. The van der Waals surface area contributed by atoms with Crippen molar-refractivity contribution in [2.45, 2.75) is 110 Å². The fourth-order valence-corrected chi connectivity index (χ4v) is 17.5. The molecule has 19 unspecified atom stereocenters. The normalized spacial score (nSPS) is 39.4. The summed E-state index contributed by atoms with van der Waals surface area (Å²) in [4.78, 5) is 91.0. The summed E-state index contributed by atoms with van der Waals surface area (Å²) in [5.74, 6) is 8.25. The number of fused-ring (bicyclic) bond motifs is 20. The summed E-state index contributed by atoms with van der Waals surface area (Å²) in [5, 5.41) is 0. The Balaban J connectivity index is 0.000000104. The number of carbonyl (C=O) groups is 8. The number of ether oxygens (including phenoxy) is 5. The van der Waals surface area contributed by atoms with Crippen molar-refractivity contribution in [2.75, 3.05) is 20.8 Å². The molecule has 0 spiro atoms. The van der Waals surface area contributed by atoms with Crippen LogP contribution in [0.25, 0.3) is 0 Å². The molecule has 15 aliphatic carbocycles. The van der Waals surface area contributed by atoms with Gasteiger partial charge in [0.2, 0.25) is 0 Å². The van der Waals surface area contributed by atoms with Gasteiger partial charge in [-0.25, -0.2) is 9.59 Å².